The maximum atomic E-state index is 15.1. The summed E-state index contributed by atoms with van der Waals surface area (Å²) >= 11 is 0.608. The van der Waals surface area contributed by atoms with E-state index < -0.39 is 46.8 Å². The summed E-state index contributed by atoms with van der Waals surface area (Å²) in [6, 6.07) is 8.83. The minimum atomic E-state index is -3.66. The molecule has 154 valence electrons. The van der Waals surface area contributed by atoms with E-state index in [1.807, 2.05) is 0 Å². The quantitative estimate of drug-likeness (QED) is 0.701. The molecule has 3 rings (SSSR count). The minimum Gasteiger partial charge on any atom is -0.451 e. The Morgan fingerprint density at radius 3 is 2.59 bits per heavy atom. The average molecular weight is 425 g/mol. The van der Waals surface area contributed by atoms with Gasteiger partial charge in [-0.25, -0.2) is 9.59 Å². The van der Waals surface area contributed by atoms with E-state index in [1.165, 1.54) is 25.1 Å². The van der Waals surface area contributed by atoms with Gasteiger partial charge < -0.3 is 15.2 Å². The Kier molecular flexibility index (Phi) is 5.99. The molecule has 0 bridgehead atoms. The topological polar surface area (TPSA) is 111 Å². The molecule has 2 heterocycles. The van der Waals surface area contributed by atoms with Crippen LogP contribution in [0.3, 0.4) is 0 Å². The number of nitrogens with zero attached hydrogens (tertiary/aromatic N) is 2. The van der Waals surface area contributed by atoms with E-state index in [0.29, 0.717) is 16.3 Å². The number of nitrogens with one attached hydrogen (secondary N) is 1. The fourth-order valence-electron chi connectivity index (χ4n) is 2.86. The molecule has 1 aromatic carbocycles. The van der Waals surface area contributed by atoms with Gasteiger partial charge in [-0.05, 0) is 18.2 Å². The predicted molar refractivity (Wildman–Crippen MR) is 101 cm³/mol. The van der Waals surface area contributed by atoms with Crippen LogP contribution in [0.1, 0.15) is 22.7 Å². The lowest BCUT2D eigenvalue weighted by Gasteiger charge is -2.25. The van der Waals surface area contributed by atoms with Crippen LogP contribution >= 0.6 is 11.8 Å². The molecule has 3 atom stereocenters. The summed E-state index contributed by atoms with van der Waals surface area (Å²) in [7, 11) is 0. The summed E-state index contributed by atoms with van der Waals surface area (Å²) in [5.41, 5.74) is -0.924. The van der Waals surface area contributed by atoms with Gasteiger partial charge in [-0.15, -0.1) is 11.8 Å². The van der Waals surface area contributed by atoms with Crippen LogP contribution in [-0.2, 0) is 9.53 Å². The van der Waals surface area contributed by atoms with E-state index in [-0.39, 0.29) is 11.4 Å². The van der Waals surface area contributed by atoms with Crippen LogP contribution in [0.25, 0.3) is 0 Å². The van der Waals surface area contributed by atoms with Crippen molar-refractivity contribution in [3.05, 3.63) is 58.6 Å². The predicted octanol–water partition coefficient (Wildman–Crippen LogP) is 1.67. The molecule has 0 unspecified atom stereocenters. The lowest BCUT2D eigenvalue weighted by molar-refractivity contribution is -0.120. The third-order valence-corrected chi connectivity index (χ3v) is 5.71. The number of hydrogen-bond acceptors (Lipinski definition) is 7. The monoisotopic (exact) mass is 425 g/mol. The maximum Gasteiger partial charge on any atom is 0.350 e. The SMILES string of the molecule is CC(=O)Nc1ccn([C@H]2S[C@H](CO)[C@@H](OC(=O)c3ccccc3)C2(F)F)c(=O)n1. The third kappa shape index (κ3) is 4.30. The molecular formula is C18H17F2N3O5S. The number of amides is 1. The Morgan fingerprint density at radius 2 is 2.00 bits per heavy atom. The van der Waals surface area contributed by atoms with Crippen LogP contribution in [-0.4, -0.2) is 50.4 Å². The summed E-state index contributed by atoms with van der Waals surface area (Å²) < 4.78 is 35.9. The lowest BCUT2D eigenvalue weighted by Crippen LogP contribution is -2.44. The van der Waals surface area contributed by atoms with Crippen molar-refractivity contribution in [2.24, 2.45) is 0 Å². The molecule has 0 saturated carbocycles. The highest BCUT2D eigenvalue weighted by molar-refractivity contribution is 8.00. The van der Waals surface area contributed by atoms with Crippen molar-refractivity contribution < 1.29 is 28.2 Å². The first-order valence-electron chi connectivity index (χ1n) is 8.51. The number of thioether (sulfide) groups is 1. The van der Waals surface area contributed by atoms with Gasteiger partial charge in [-0.1, -0.05) is 18.2 Å². The molecule has 0 aliphatic carbocycles. The van der Waals surface area contributed by atoms with Gasteiger partial charge in [0, 0.05) is 13.1 Å². The van der Waals surface area contributed by atoms with Crippen molar-refractivity contribution in [1.29, 1.82) is 0 Å². The normalized spacial score (nSPS) is 22.8. The first-order valence-corrected chi connectivity index (χ1v) is 9.45. The number of hydrogen-bond donors (Lipinski definition) is 2. The van der Waals surface area contributed by atoms with Crippen LogP contribution in [0.5, 0.6) is 0 Å². The van der Waals surface area contributed by atoms with Gasteiger partial charge in [0.05, 0.1) is 17.4 Å². The zero-order valence-electron chi connectivity index (χ0n) is 15.1. The van der Waals surface area contributed by atoms with E-state index in [2.05, 4.69) is 10.3 Å². The first kappa shape index (κ1) is 20.9. The number of benzene rings is 1. The smallest absolute Gasteiger partial charge is 0.350 e. The number of rotatable bonds is 5. The first-order chi connectivity index (χ1) is 13.7. The van der Waals surface area contributed by atoms with E-state index >= 15 is 8.78 Å². The number of aliphatic hydroxyl groups is 1. The number of halogens is 2. The van der Waals surface area contributed by atoms with Gasteiger partial charge in [-0.3, -0.25) is 9.36 Å². The van der Waals surface area contributed by atoms with E-state index in [1.54, 1.807) is 18.2 Å². The minimum absolute atomic E-state index is 0.0733. The number of ether oxygens (including phenoxy) is 1. The number of aliphatic hydroxyl groups excluding tert-OH is 1. The molecule has 1 aliphatic rings. The van der Waals surface area contributed by atoms with Crippen molar-refractivity contribution in [1.82, 2.24) is 9.55 Å². The lowest BCUT2D eigenvalue weighted by atomic mass is 10.1. The molecule has 2 N–H and O–H groups in total. The van der Waals surface area contributed by atoms with Crippen LogP contribution in [0.2, 0.25) is 0 Å². The number of anilines is 1. The van der Waals surface area contributed by atoms with E-state index in [4.69, 9.17) is 4.74 Å². The highest BCUT2D eigenvalue weighted by Gasteiger charge is 2.61. The second-order valence-corrected chi connectivity index (χ2v) is 7.58. The molecule has 1 saturated heterocycles. The molecule has 1 amide bonds. The van der Waals surface area contributed by atoms with Crippen LogP contribution < -0.4 is 11.0 Å². The Balaban J connectivity index is 1.88. The largest absolute Gasteiger partial charge is 0.451 e. The molecule has 2 aromatic rings. The van der Waals surface area contributed by atoms with Gasteiger partial charge >= 0.3 is 17.6 Å². The number of carbonyl (C=O) groups excluding carboxylic acids is 2. The Hall–Kier alpha value is -2.79. The van der Waals surface area contributed by atoms with Crippen LogP contribution in [0, 0.1) is 0 Å². The van der Waals surface area contributed by atoms with Crippen molar-refractivity contribution >= 4 is 29.5 Å². The highest BCUT2D eigenvalue weighted by Crippen LogP contribution is 2.52. The summed E-state index contributed by atoms with van der Waals surface area (Å²) in [5, 5.41) is 8.92. The van der Waals surface area contributed by atoms with Gasteiger partial charge in [0.25, 0.3) is 0 Å². The Labute approximate surface area is 167 Å². The average Bonchev–Trinajstić information content (AvgIpc) is 2.92. The molecule has 1 aromatic heterocycles. The number of esters is 1. The zero-order valence-corrected chi connectivity index (χ0v) is 15.9. The number of aromatic nitrogens is 2. The molecule has 0 radical (unpaired) electrons. The van der Waals surface area contributed by atoms with Gasteiger partial charge in [0.1, 0.15) is 5.82 Å². The molecule has 8 nitrogen and oxygen atoms in total. The molecular weight excluding hydrogens is 408 g/mol. The van der Waals surface area contributed by atoms with Crippen molar-refractivity contribution in [2.75, 3.05) is 11.9 Å². The standard InChI is InChI=1S/C18H17F2N3O5S/c1-10(25)21-13-7-8-23(17(27)22-13)16-18(19,20)14(12(9-24)29-16)28-15(26)11-5-3-2-4-6-11/h2-8,12,14,16,24H,9H2,1H3,(H,21,22,25,27)/t12-,14-,16+/m1/s1. The Bertz CT molecular complexity index is 969. The Morgan fingerprint density at radius 1 is 1.31 bits per heavy atom. The molecule has 1 aliphatic heterocycles. The van der Waals surface area contributed by atoms with Crippen molar-refractivity contribution in [2.45, 2.75) is 29.6 Å². The van der Waals surface area contributed by atoms with Gasteiger partial charge in [-0.2, -0.15) is 13.8 Å². The molecule has 29 heavy (non-hydrogen) atoms. The van der Waals surface area contributed by atoms with Gasteiger partial charge in [0.15, 0.2) is 11.5 Å². The zero-order chi connectivity index (χ0) is 21.2. The van der Waals surface area contributed by atoms with Gasteiger partial charge in [0.2, 0.25) is 5.91 Å². The highest BCUT2D eigenvalue weighted by atomic mass is 32.2. The van der Waals surface area contributed by atoms with E-state index in [9.17, 15) is 19.5 Å². The second kappa shape index (κ2) is 8.29. The summed E-state index contributed by atoms with van der Waals surface area (Å²) in [6.45, 7) is 0.529. The summed E-state index contributed by atoms with van der Waals surface area (Å²) in [5.74, 6) is -5.16. The summed E-state index contributed by atoms with van der Waals surface area (Å²) in [6.07, 6.45) is -0.876. The second-order valence-electron chi connectivity index (χ2n) is 6.26. The maximum absolute atomic E-state index is 15.1. The number of carbonyl (C=O) groups is 2. The van der Waals surface area contributed by atoms with Crippen molar-refractivity contribution in [3.8, 4) is 0 Å². The number of alkyl halides is 2. The fourth-order valence-corrected chi connectivity index (χ4v) is 4.26. The fraction of sp³-hybridized carbons (Fsp3) is 0.333. The third-order valence-electron chi connectivity index (χ3n) is 4.16. The van der Waals surface area contributed by atoms with E-state index in [0.717, 1.165) is 6.20 Å². The molecule has 0 spiro atoms. The van der Waals surface area contributed by atoms with Crippen LogP contribution in [0.4, 0.5) is 14.6 Å². The van der Waals surface area contributed by atoms with Crippen molar-refractivity contribution in [3.63, 3.8) is 0 Å². The molecule has 11 heteroatoms. The molecule has 1 fully saturated rings. The van der Waals surface area contributed by atoms with Crippen LogP contribution in [0.15, 0.2) is 47.4 Å². The summed E-state index contributed by atoms with van der Waals surface area (Å²) in [4.78, 5) is 39.1.